The maximum Gasteiger partial charge on any atom is 0.295 e. The van der Waals surface area contributed by atoms with Crippen LogP contribution in [0.3, 0.4) is 0 Å². The Hall–Kier alpha value is -2.44. The fourth-order valence-corrected chi connectivity index (χ4v) is 4.12. The number of likely N-dealkylation sites (tertiary alicyclic amines) is 1. The molecular weight excluding hydrogens is 468 g/mol. The molecule has 1 unspecified atom stereocenters. The van der Waals surface area contributed by atoms with Crippen molar-refractivity contribution in [1.82, 2.24) is 9.80 Å². The highest BCUT2D eigenvalue weighted by atomic mass is 79.9. The van der Waals surface area contributed by atoms with Gasteiger partial charge >= 0.3 is 0 Å². The maximum absolute atomic E-state index is 13.1. The standard InChI is InChI=1S/C26H31BrN2O3/c1-16-15-18(9-12-20(16)27)23(30)21-22(17-7-10-19(11-8-17)26(2,3)4)29(14-13-28(5)6)25(32)24(21)31/h7-12,15,22,30H,13-14H2,1-6H3/b23-21-. The van der Waals surface area contributed by atoms with Gasteiger partial charge in [-0.25, -0.2) is 0 Å². The van der Waals surface area contributed by atoms with E-state index in [1.807, 2.05) is 62.3 Å². The quantitative estimate of drug-likeness (QED) is 0.356. The van der Waals surface area contributed by atoms with Crippen molar-refractivity contribution in [3.8, 4) is 0 Å². The Bertz CT molecular complexity index is 1070. The van der Waals surface area contributed by atoms with Gasteiger partial charge in [-0.3, -0.25) is 9.59 Å². The molecule has 0 aliphatic carbocycles. The summed E-state index contributed by atoms with van der Waals surface area (Å²) in [6.45, 7) is 9.34. The van der Waals surface area contributed by atoms with Gasteiger partial charge in [0.25, 0.3) is 11.7 Å². The van der Waals surface area contributed by atoms with Crippen LogP contribution in [-0.2, 0) is 15.0 Å². The average molecular weight is 499 g/mol. The summed E-state index contributed by atoms with van der Waals surface area (Å²) >= 11 is 3.47. The van der Waals surface area contributed by atoms with Gasteiger partial charge in [0, 0.05) is 23.1 Å². The summed E-state index contributed by atoms with van der Waals surface area (Å²) in [4.78, 5) is 29.6. The first-order chi connectivity index (χ1) is 14.9. The molecule has 1 saturated heterocycles. The number of benzene rings is 2. The van der Waals surface area contributed by atoms with E-state index in [-0.39, 0.29) is 16.7 Å². The maximum atomic E-state index is 13.1. The zero-order chi connectivity index (χ0) is 23.8. The largest absolute Gasteiger partial charge is 0.507 e. The first-order valence-electron chi connectivity index (χ1n) is 10.7. The van der Waals surface area contributed by atoms with Crippen molar-refractivity contribution >= 4 is 33.4 Å². The molecule has 170 valence electrons. The number of hydrogen-bond acceptors (Lipinski definition) is 4. The number of likely N-dealkylation sites (N-methyl/N-ethyl adjacent to an activating group) is 1. The Balaban J connectivity index is 2.15. The van der Waals surface area contributed by atoms with Gasteiger partial charge in [0.1, 0.15) is 5.76 Å². The highest BCUT2D eigenvalue weighted by Crippen LogP contribution is 2.40. The zero-order valence-corrected chi connectivity index (χ0v) is 21.2. The third-order valence-electron chi connectivity index (χ3n) is 5.85. The summed E-state index contributed by atoms with van der Waals surface area (Å²) < 4.78 is 0.912. The SMILES string of the molecule is Cc1cc(/C(O)=C2/C(=O)C(=O)N(CCN(C)C)C2c2ccc(C(C)(C)C)cc2)ccc1Br. The third-order valence-corrected chi connectivity index (χ3v) is 6.74. The number of amides is 1. The van der Waals surface area contributed by atoms with E-state index < -0.39 is 17.7 Å². The molecule has 1 aliphatic rings. The highest BCUT2D eigenvalue weighted by molar-refractivity contribution is 9.10. The average Bonchev–Trinajstić information content (AvgIpc) is 2.97. The lowest BCUT2D eigenvalue weighted by Crippen LogP contribution is -2.35. The molecule has 1 aliphatic heterocycles. The zero-order valence-electron chi connectivity index (χ0n) is 19.6. The number of aliphatic hydroxyl groups is 1. The number of nitrogens with zero attached hydrogens (tertiary/aromatic N) is 2. The van der Waals surface area contributed by atoms with Crippen molar-refractivity contribution in [2.24, 2.45) is 0 Å². The van der Waals surface area contributed by atoms with Gasteiger partial charge in [-0.05, 0) is 55.3 Å². The molecule has 0 bridgehead atoms. The summed E-state index contributed by atoms with van der Waals surface area (Å²) in [6, 6.07) is 12.7. The van der Waals surface area contributed by atoms with Crippen LogP contribution in [0.4, 0.5) is 0 Å². The summed E-state index contributed by atoms with van der Waals surface area (Å²) in [5, 5.41) is 11.2. The van der Waals surface area contributed by atoms with E-state index in [0.717, 1.165) is 21.2 Å². The molecule has 0 spiro atoms. The smallest absolute Gasteiger partial charge is 0.295 e. The lowest BCUT2D eigenvalue weighted by atomic mass is 9.85. The first kappa shape index (κ1) is 24.2. The Kier molecular flexibility index (Phi) is 6.96. The number of halogens is 1. The molecule has 1 amide bonds. The Morgan fingerprint density at radius 2 is 1.72 bits per heavy atom. The normalized spacial score (nSPS) is 18.6. The predicted molar refractivity (Wildman–Crippen MR) is 132 cm³/mol. The Labute approximate surface area is 198 Å². The van der Waals surface area contributed by atoms with Crippen molar-refractivity contribution in [2.45, 2.75) is 39.2 Å². The third kappa shape index (κ3) is 4.81. The lowest BCUT2D eigenvalue weighted by Gasteiger charge is -2.27. The number of aliphatic hydroxyl groups excluding tert-OH is 1. The molecule has 2 aromatic carbocycles. The van der Waals surface area contributed by atoms with Crippen molar-refractivity contribution in [3.05, 3.63) is 74.8 Å². The van der Waals surface area contributed by atoms with E-state index in [2.05, 4.69) is 36.7 Å². The van der Waals surface area contributed by atoms with Crippen LogP contribution in [0.15, 0.2) is 52.5 Å². The summed E-state index contributed by atoms with van der Waals surface area (Å²) in [6.07, 6.45) is 0. The number of aryl methyl sites for hydroxylation is 1. The molecule has 5 nitrogen and oxygen atoms in total. The number of rotatable bonds is 5. The summed E-state index contributed by atoms with van der Waals surface area (Å²) in [5.41, 5.74) is 3.55. The fraction of sp³-hybridized carbons (Fsp3) is 0.385. The van der Waals surface area contributed by atoms with Gasteiger partial charge in [-0.1, -0.05) is 67.0 Å². The van der Waals surface area contributed by atoms with Gasteiger partial charge in [0.15, 0.2) is 0 Å². The number of Topliss-reactive ketones (excluding diaryl/α,β-unsaturated/α-hetero) is 1. The molecule has 3 rings (SSSR count). The number of carbonyl (C=O) groups excluding carboxylic acids is 2. The van der Waals surface area contributed by atoms with Crippen LogP contribution in [-0.4, -0.2) is 53.8 Å². The van der Waals surface area contributed by atoms with Crippen molar-refractivity contribution in [3.63, 3.8) is 0 Å². The summed E-state index contributed by atoms with van der Waals surface area (Å²) in [5.74, 6) is -1.37. The van der Waals surface area contributed by atoms with Crippen LogP contribution in [0.25, 0.3) is 5.76 Å². The van der Waals surface area contributed by atoms with Gasteiger partial charge in [0.05, 0.1) is 11.6 Å². The summed E-state index contributed by atoms with van der Waals surface area (Å²) in [7, 11) is 3.85. The Morgan fingerprint density at radius 3 is 2.25 bits per heavy atom. The minimum absolute atomic E-state index is 0.0137. The van der Waals surface area contributed by atoms with Crippen LogP contribution in [0.1, 0.15) is 49.1 Å². The van der Waals surface area contributed by atoms with Crippen LogP contribution in [0, 0.1) is 6.92 Å². The Morgan fingerprint density at radius 1 is 1.09 bits per heavy atom. The minimum Gasteiger partial charge on any atom is -0.507 e. The van der Waals surface area contributed by atoms with Crippen molar-refractivity contribution in [2.75, 3.05) is 27.2 Å². The number of carbonyl (C=O) groups is 2. The van der Waals surface area contributed by atoms with E-state index in [9.17, 15) is 14.7 Å². The molecule has 1 heterocycles. The minimum atomic E-state index is -0.647. The van der Waals surface area contributed by atoms with Crippen molar-refractivity contribution < 1.29 is 14.7 Å². The van der Waals surface area contributed by atoms with E-state index in [4.69, 9.17) is 0 Å². The molecule has 0 saturated carbocycles. The number of hydrogen-bond donors (Lipinski definition) is 1. The van der Waals surface area contributed by atoms with E-state index in [1.165, 1.54) is 0 Å². The van der Waals surface area contributed by atoms with Gasteiger partial charge < -0.3 is 14.9 Å². The van der Waals surface area contributed by atoms with Gasteiger partial charge in [-0.2, -0.15) is 0 Å². The molecule has 32 heavy (non-hydrogen) atoms. The second-order valence-corrected chi connectivity index (χ2v) is 10.5. The molecule has 1 atom stereocenters. The van der Waals surface area contributed by atoms with Gasteiger partial charge in [0.2, 0.25) is 0 Å². The monoisotopic (exact) mass is 498 g/mol. The molecule has 0 radical (unpaired) electrons. The second kappa shape index (κ2) is 9.20. The molecule has 0 aromatic heterocycles. The highest BCUT2D eigenvalue weighted by Gasteiger charge is 2.45. The van der Waals surface area contributed by atoms with E-state index >= 15 is 0 Å². The van der Waals surface area contributed by atoms with Crippen LogP contribution >= 0.6 is 15.9 Å². The molecule has 2 aromatic rings. The van der Waals surface area contributed by atoms with Crippen molar-refractivity contribution in [1.29, 1.82) is 0 Å². The fourth-order valence-electron chi connectivity index (χ4n) is 3.88. The van der Waals surface area contributed by atoms with Crippen LogP contribution in [0.5, 0.6) is 0 Å². The van der Waals surface area contributed by atoms with E-state index in [1.54, 1.807) is 11.0 Å². The van der Waals surface area contributed by atoms with Crippen LogP contribution < -0.4 is 0 Å². The topological polar surface area (TPSA) is 60.9 Å². The lowest BCUT2D eigenvalue weighted by molar-refractivity contribution is -0.140. The molecule has 6 heteroatoms. The van der Waals surface area contributed by atoms with E-state index in [0.29, 0.717) is 18.7 Å². The molecular formula is C26H31BrN2O3. The molecule has 1 N–H and O–H groups in total. The second-order valence-electron chi connectivity index (χ2n) is 9.63. The predicted octanol–water partition coefficient (Wildman–Crippen LogP) is 5.04. The number of ketones is 1. The molecule has 1 fully saturated rings. The van der Waals surface area contributed by atoms with Crippen LogP contribution in [0.2, 0.25) is 0 Å². The van der Waals surface area contributed by atoms with Gasteiger partial charge in [-0.15, -0.1) is 0 Å². The first-order valence-corrected chi connectivity index (χ1v) is 11.5.